The van der Waals surface area contributed by atoms with Crippen molar-refractivity contribution in [3.05, 3.63) is 35.9 Å². The molecule has 2 N–H and O–H groups in total. The zero-order valence-electron chi connectivity index (χ0n) is 10.7. The highest BCUT2D eigenvalue weighted by molar-refractivity contribution is 5.76. The maximum Gasteiger partial charge on any atom is 0.320 e. The summed E-state index contributed by atoms with van der Waals surface area (Å²) in [4.78, 5) is 15.9. The summed E-state index contributed by atoms with van der Waals surface area (Å²) in [6.07, 6.45) is 1.82. The third kappa shape index (κ3) is 3.23. The van der Waals surface area contributed by atoms with E-state index in [0.717, 1.165) is 39.0 Å². The van der Waals surface area contributed by atoms with Crippen LogP contribution in [0.25, 0.3) is 0 Å². The second kappa shape index (κ2) is 6.40. The lowest BCUT2D eigenvalue weighted by Gasteiger charge is -2.18. The number of nitrogens with zero attached hydrogens (tertiary/aromatic N) is 2. The molecule has 1 aromatic rings. The second-order valence-corrected chi connectivity index (χ2v) is 4.63. The lowest BCUT2D eigenvalue weighted by atomic mass is 10.1. The van der Waals surface area contributed by atoms with E-state index in [2.05, 4.69) is 12.1 Å². The maximum absolute atomic E-state index is 12.0. The normalized spacial score (nSPS) is 15.5. The molecule has 1 heterocycles. The molecule has 2 rings (SSSR count). The summed E-state index contributed by atoms with van der Waals surface area (Å²) in [6.45, 7) is 3.93. The number of carbonyl (C=O) groups excluding carboxylic acids is 1. The van der Waals surface area contributed by atoms with Crippen molar-refractivity contribution >= 4 is 6.03 Å². The predicted molar refractivity (Wildman–Crippen MR) is 72.4 cm³/mol. The first kappa shape index (κ1) is 12.9. The Morgan fingerprint density at radius 2 is 1.72 bits per heavy atom. The quantitative estimate of drug-likeness (QED) is 0.824. The highest BCUT2D eigenvalue weighted by atomic mass is 16.2. The highest BCUT2D eigenvalue weighted by Crippen LogP contribution is 2.10. The van der Waals surface area contributed by atoms with Crippen LogP contribution in [-0.4, -0.2) is 48.6 Å². The van der Waals surface area contributed by atoms with Crippen molar-refractivity contribution in [2.75, 3.05) is 32.7 Å². The minimum atomic E-state index is 0.166. The lowest BCUT2D eigenvalue weighted by Crippen LogP contribution is -2.34. The first-order valence-corrected chi connectivity index (χ1v) is 6.59. The van der Waals surface area contributed by atoms with Gasteiger partial charge in [-0.05, 0) is 24.9 Å². The van der Waals surface area contributed by atoms with Gasteiger partial charge < -0.3 is 15.5 Å². The molecule has 0 radical (unpaired) electrons. The molecule has 0 aliphatic carbocycles. The van der Waals surface area contributed by atoms with Gasteiger partial charge in [0.2, 0.25) is 0 Å². The van der Waals surface area contributed by atoms with E-state index in [1.807, 2.05) is 28.0 Å². The number of carbonyl (C=O) groups is 1. The van der Waals surface area contributed by atoms with Gasteiger partial charge in [-0.25, -0.2) is 4.79 Å². The van der Waals surface area contributed by atoms with Crippen LogP contribution in [0.2, 0.25) is 0 Å². The molecule has 0 spiro atoms. The molecule has 0 atom stereocenters. The van der Waals surface area contributed by atoms with Gasteiger partial charge in [0.25, 0.3) is 0 Å². The Morgan fingerprint density at radius 3 is 2.39 bits per heavy atom. The third-order valence-electron chi connectivity index (χ3n) is 3.33. The molecule has 0 bridgehead atoms. The van der Waals surface area contributed by atoms with Gasteiger partial charge in [0.05, 0.1) is 0 Å². The van der Waals surface area contributed by atoms with Crippen molar-refractivity contribution in [3.63, 3.8) is 0 Å². The van der Waals surface area contributed by atoms with Gasteiger partial charge in [0, 0.05) is 26.2 Å². The van der Waals surface area contributed by atoms with Crippen LogP contribution in [0.3, 0.4) is 0 Å². The van der Waals surface area contributed by atoms with E-state index in [1.54, 1.807) is 0 Å². The van der Waals surface area contributed by atoms with E-state index < -0.39 is 0 Å². The fourth-order valence-electron chi connectivity index (χ4n) is 2.24. The molecule has 2 amide bonds. The van der Waals surface area contributed by atoms with Crippen molar-refractivity contribution < 1.29 is 4.79 Å². The van der Waals surface area contributed by atoms with Gasteiger partial charge in [-0.15, -0.1) is 0 Å². The number of hydrogen-bond acceptors (Lipinski definition) is 2. The molecular weight excluding hydrogens is 226 g/mol. The summed E-state index contributed by atoms with van der Waals surface area (Å²) in [6, 6.07) is 10.5. The Balaban J connectivity index is 1.79. The molecule has 1 fully saturated rings. The van der Waals surface area contributed by atoms with Gasteiger partial charge in [-0.3, -0.25) is 0 Å². The average Bonchev–Trinajstić information content (AvgIpc) is 2.76. The van der Waals surface area contributed by atoms with E-state index in [1.165, 1.54) is 5.56 Å². The van der Waals surface area contributed by atoms with Crippen molar-refractivity contribution in [2.45, 2.75) is 12.8 Å². The van der Waals surface area contributed by atoms with Crippen molar-refractivity contribution in [1.29, 1.82) is 0 Å². The number of rotatable bonds is 6. The van der Waals surface area contributed by atoms with Gasteiger partial charge in [-0.2, -0.15) is 0 Å². The standard InChI is InChI=1S/C14H21N3O/c15-8-4-9-16-11-12-17(14(16)18)10-7-13-5-2-1-3-6-13/h1-3,5-6H,4,7-12,15H2. The van der Waals surface area contributed by atoms with Crippen LogP contribution in [0.4, 0.5) is 4.79 Å². The number of amides is 2. The molecular formula is C14H21N3O. The molecule has 4 nitrogen and oxygen atoms in total. The Kier molecular flexibility index (Phi) is 4.59. The zero-order valence-corrected chi connectivity index (χ0v) is 10.7. The first-order chi connectivity index (χ1) is 8.81. The SMILES string of the molecule is NCCCN1CCN(CCc2ccccc2)C1=O. The van der Waals surface area contributed by atoms with Crippen LogP contribution in [0.5, 0.6) is 0 Å². The Labute approximate surface area is 108 Å². The summed E-state index contributed by atoms with van der Waals surface area (Å²) >= 11 is 0. The van der Waals surface area contributed by atoms with E-state index >= 15 is 0 Å². The van der Waals surface area contributed by atoms with Crippen molar-refractivity contribution in [3.8, 4) is 0 Å². The third-order valence-corrected chi connectivity index (χ3v) is 3.33. The van der Waals surface area contributed by atoms with E-state index in [9.17, 15) is 4.79 Å². The predicted octanol–water partition coefficient (Wildman–Crippen LogP) is 1.32. The summed E-state index contributed by atoms with van der Waals surface area (Å²) in [7, 11) is 0. The maximum atomic E-state index is 12.0. The minimum Gasteiger partial charge on any atom is -0.330 e. The van der Waals surface area contributed by atoms with Gasteiger partial charge >= 0.3 is 6.03 Å². The van der Waals surface area contributed by atoms with Crippen LogP contribution in [0.15, 0.2) is 30.3 Å². The molecule has 0 saturated carbocycles. The summed E-state index contributed by atoms with van der Waals surface area (Å²) in [5, 5.41) is 0. The first-order valence-electron chi connectivity index (χ1n) is 6.59. The molecule has 4 heteroatoms. The van der Waals surface area contributed by atoms with Crippen molar-refractivity contribution in [2.24, 2.45) is 5.73 Å². The Hall–Kier alpha value is -1.55. The van der Waals surface area contributed by atoms with Gasteiger partial charge in [-0.1, -0.05) is 30.3 Å². The molecule has 1 aliphatic heterocycles. The number of urea groups is 1. The largest absolute Gasteiger partial charge is 0.330 e. The van der Waals surface area contributed by atoms with E-state index in [0.29, 0.717) is 6.54 Å². The Bertz CT molecular complexity index is 380. The molecule has 0 unspecified atom stereocenters. The average molecular weight is 247 g/mol. The van der Waals surface area contributed by atoms with Crippen LogP contribution in [-0.2, 0) is 6.42 Å². The Morgan fingerprint density at radius 1 is 1.06 bits per heavy atom. The number of hydrogen-bond donors (Lipinski definition) is 1. The van der Waals surface area contributed by atoms with Crippen molar-refractivity contribution in [1.82, 2.24) is 9.80 Å². The summed E-state index contributed by atoms with van der Waals surface area (Å²) in [5.74, 6) is 0. The van der Waals surface area contributed by atoms with Crippen LogP contribution in [0.1, 0.15) is 12.0 Å². The smallest absolute Gasteiger partial charge is 0.320 e. The molecule has 98 valence electrons. The van der Waals surface area contributed by atoms with E-state index in [4.69, 9.17) is 5.73 Å². The molecule has 1 saturated heterocycles. The number of benzene rings is 1. The van der Waals surface area contributed by atoms with E-state index in [-0.39, 0.29) is 6.03 Å². The fourth-order valence-corrected chi connectivity index (χ4v) is 2.24. The number of nitrogens with two attached hydrogens (primary N) is 1. The van der Waals surface area contributed by atoms with Crippen LogP contribution in [0, 0.1) is 0 Å². The summed E-state index contributed by atoms with van der Waals surface area (Å²) < 4.78 is 0. The second-order valence-electron chi connectivity index (χ2n) is 4.63. The van der Waals surface area contributed by atoms with Crippen LogP contribution >= 0.6 is 0 Å². The lowest BCUT2D eigenvalue weighted by molar-refractivity contribution is 0.192. The molecule has 1 aliphatic rings. The zero-order chi connectivity index (χ0) is 12.8. The van der Waals surface area contributed by atoms with Gasteiger partial charge in [0.15, 0.2) is 0 Å². The molecule has 0 aromatic heterocycles. The minimum absolute atomic E-state index is 0.166. The van der Waals surface area contributed by atoms with Crippen LogP contribution < -0.4 is 5.73 Å². The molecule has 1 aromatic carbocycles. The molecule has 18 heavy (non-hydrogen) atoms. The highest BCUT2D eigenvalue weighted by Gasteiger charge is 2.26. The topological polar surface area (TPSA) is 49.6 Å². The monoisotopic (exact) mass is 247 g/mol. The fraction of sp³-hybridized carbons (Fsp3) is 0.500. The van der Waals surface area contributed by atoms with Gasteiger partial charge in [0.1, 0.15) is 0 Å². The summed E-state index contributed by atoms with van der Waals surface area (Å²) in [5.41, 5.74) is 6.75.